The Balaban J connectivity index is 2.37. The van der Waals surface area contributed by atoms with Gasteiger partial charge in [0.15, 0.2) is 0 Å². The summed E-state index contributed by atoms with van der Waals surface area (Å²) in [6, 6.07) is 15.4. The molecule has 0 radical (unpaired) electrons. The standard InChI is InChI=1S/C13H9BrN2S/c14-11-3-1-2-4-13(11)17-12-6-5-10(16)7-9(12)8-15/h1-7H,16H2. The van der Waals surface area contributed by atoms with Gasteiger partial charge in [0.25, 0.3) is 0 Å². The van der Waals surface area contributed by atoms with E-state index in [9.17, 15) is 0 Å². The summed E-state index contributed by atoms with van der Waals surface area (Å²) in [7, 11) is 0. The van der Waals surface area contributed by atoms with E-state index in [1.807, 2.05) is 30.3 Å². The van der Waals surface area contributed by atoms with Crippen molar-refractivity contribution in [2.45, 2.75) is 9.79 Å². The lowest BCUT2D eigenvalue weighted by molar-refractivity contribution is 1.34. The van der Waals surface area contributed by atoms with Crippen molar-refractivity contribution in [2.75, 3.05) is 5.73 Å². The summed E-state index contributed by atoms with van der Waals surface area (Å²) in [4.78, 5) is 1.99. The maximum absolute atomic E-state index is 9.06. The molecular formula is C13H9BrN2S. The molecule has 2 nitrogen and oxygen atoms in total. The first-order valence-corrected chi connectivity index (χ1v) is 6.53. The van der Waals surface area contributed by atoms with E-state index in [2.05, 4.69) is 22.0 Å². The number of anilines is 1. The summed E-state index contributed by atoms with van der Waals surface area (Å²) in [5.74, 6) is 0. The second kappa shape index (κ2) is 5.26. The second-order valence-electron chi connectivity index (χ2n) is 3.40. The highest BCUT2D eigenvalue weighted by Gasteiger charge is 2.06. The minimum atomic E-state index is 0.603. The van der Waals surface area contributed by atoms with Gasteiger partial charge < -0.3 is 5.73 Å². The SMILES string of the molecule is N#Cc1cc(N)ccc1Sc1ccccc1Br. The quantitative estimate of drug-likeness (QED) is 0.851. The molecule has 0 heterocycles. The van der Waals surface area contributed by atoms with Crippen LogP contribution in [0.3, 0.4) is 0 Å². The third kappa shape index (κ3) is 2.82. The Morgan fingerprint density at radius 1 is 1.12 bits per heavy atom. The highest BCUT2D eigenvalue weighted by atomic mass is 79.9. The molecule has 2 rings (SSSR count). The lowest BCUT2D eigenvalue weighted by Gasteiger charge is -2.06. The molecule has 0 aliphatic heterocycles. The first-order valence-electron chi connectivity index (χ1n) is 4.92. The van der Waals surface area contributed by atoms with E-state index < -0.39 is 0 Å². The molecule has 0 saturated heterocycles. The van der Waals surface area contributed by atoms with Crippen LogP contribution in [0.5, 0.6) is 0 Å². The molecule has 4 heteroatoms. The number of nitriles is 1. The first-order chi connectivity index (χ1) is 8.20. The van der Waals surface area contributed by atoms with E-state index in [0.29, 0.717) is 11.3 Å². The third-order valence-electron chi connectivity index (χ3n) is 2.18. The second-order valence-corrected chi connectivity index (χ2v) is 5.34. The van der Waals surface area contributed by atoms with Crippen LogP contribution in [0, 0.1) is 11.3 Å². The molecule has 0 bridgehead atoms. The number of nitrogen functional groups attached to an aromatic ring is 1. The predicted molar refractivity (Wildman–Crippen MR) is 73.8 cm³/mol. The molecule has 84 valence electrons. The van der Waals surface area contributed by atoms with Gasteiger partial charge in [-0.15, -0.1) is 0 Å². The molecule has 0 amide bonds. The van der Waals surface area contributed by atoms with Gasteiger partial charge in [-0.1, -0.05) is 23.9 Å². The lowest BCUT2D eigenvalue weighted by atomic mass is 10.2. The highest BCUT2D eigenvalue weighted by Crippen LogP contribution is 2.35. The molecule has 0 fully saturated rings. The fraction of sp³-hybridized carbons (Fsp3) is 0. The number of hydrogen-bond donors (Lipinski definition) is 1. The van der Waals surface area contributed by atoms with Gasteiger partial charge >= 0.3 is 0 Å². The average Bonchev–Trinajstić information content (AvgIpc) is 2.34. The van der Waals surface area contributed by atoms with Gasteiger partial charge in [-0.2, -0.15) is 5.26 Å². The van der Waals surface area contributed by atoms with Crippen molar-refractivity contribution in [2.24, 2.45) is 0 Å². The highest BCUT2D eigenvalue weighted by molar-refractivity contribution is 9.10. The van der Waals surface area contributed by atoms with Gasteiger partial charge in [-0.3, -0.25) is 0 Å². The Bertz CT molecular complexity index is 590. The van der Waals surface area contributed by atoms with Gasteiger partial charge in [0.1, 0.15) is 6.07 Å². The summed E-state index contributed by atoms with van der Waals surface area (Å²) in [5.41, 5.74) is 6.87. The summed E-state index contributed by atoms with van der Waals surface area (Å²) in [6.45, 7) is 0. The molecule has 0 atom stereocenters. The fourth-order valence-electron chi connectivity index (χ4n) is 1.37. The summed E-state index contributed by atoms with van der Waals surface area (Å²) in [6.07, 6.45) is 0. The van der Waals surface area contributed by atoms with Crippen LogP contribution in [0.25, 0.3) is 0 Å². The molecule has 0 aliphatic rings. The number of halogens is 1. The van der Waals surface area contributed by atoms with Gasteiger partial charge in [0, 0.05) is 20.0 Å². The molecule has 0 saturated carbocycles. The van der Waals surface area contributed by atoms with Crippen LogP contribution in [-0.4, -0.2) is 0 Å². The van der Waals surface area contributed by atoms with E-state index in [1.165, 1.54) is 0 Å². The largest absolute Gasteiger partial charge is 0.399 e. The summed E-state index contributed by atoms with van der Waals surface area (Å²) < 4.78 is 1.02. The lowest BCUT2D eigenvalue weighted by Crippen LogP contribution is -1.88. The Kier molecular flexibility index (Phi) is 3.72. The van der Waals surface area contributed by atoms with Gasteiger partial charge in [-0.05, 0) is 46.3 Å². The summed E-state index contributed by atoms with van der Waals surface area (Å²) in [5, 5.41) is 9.06. The molecule has 2 aromatic rings. The molecule has 17 heavy (non-hydrogen) atoms. The van der Waals surface area contributed by atoms with Gasteiger partial charge in [0.05, 0.1) is 5.56 Å². The third-order valence-corrected chi connectivity index (χ3v) is 4.29. The first kappa shape index (κ1) is 12.0. The maximum Gasteiger partial charge on any atom is 0.100 e. The van der Waals surface area contributed by atoms with Crippen LogP contribution < -0.4 is 5.73 Å². The predicted octanol–water partition coefficient (Wildman–Crippen LogP) is 4.05. The Morgan fingerprint density at radius 3 is 2.59 bits per heavy atom. The van der Waals surface area contributed by atoms with Crippen molar-refractivity contribution in [1.29, 1.82) is 5.26 Å². The van der Waals surface area contributed by atoms with Crippen LogP contribution in [0.2, 0.25) is 0 Å². The molecular weight excluding hydrogens is 296 g/mol. The van der Waals surface area contributed by atoms with Crippen LogP contribution in [0.1, 0.15) is 5.56 Å². The zero-order valence-electron chi connectivity index (χ0n) is 8.85. The average molecular weight is 305 g/mol. The smallest absolute Gasteiger partial charge is 0.100 e. The Morgan fingerprint density at radius 2 is 1.88 bits per heavy atom. The number of nitrogens with two attached hydrogens (primary N) is 1. The van der Waals surface area contributed by atoms with E-state index >= 15 is 0 Å². The number of benzene rings is 2. The van der Waals surface area contributed by atoms with E-state index in [4.69, 9.17) is 11.0 Å². The van der Waals surface area contributed by atoms with Crippen LogP contribution in [0.4, 0.5) is 5.69 Å². The molecule has 0 spiro atoms. The molecule has 2 aromatic carbocycles. The maximum atomic E-state index is 9.06. The van der Waals surface area contributed by atoms with Crippen LogP contribution in [-0.2, 0) is 0 Å². The fourth-order valence-corrected chi connectivity index (χ4v) is 2.80. The number of rotatable bonds is 2. The number of hydrogen-bond acceptors (Lipinski definition) is 3. The molecule has 0 unspecified atom stereocenters. The van der Waals surface area contributed by atoms with Crippen LogP contribution in [0.15, 0.2) is 56.7 Å². The monoisotopic (exact) mass is 304 g/mol. The van der Waals surface area contributed by atoms with Crippen molar-refractivity contribution >= 4 is 33.4 Å². The van der Waals surface area contributed by atoms with Gasteiger partial charge in [-0.25, -0.2) is 0 Å². The van der Waals surface area contributed by atoms with Crippen molar-refractivity contribution in [1.82, 2.24) is 0 Å². The topological polar surface area (TPSA) is 49.8 Å². The van der Waals surface area contributed by atoms with Crippen LogP contribution >= 0.6 is 27.7 Å². The molecule has 0 aromatic heterocycles. The van der Waals surface area contributed by atoms with E-state index in [0.717, 1.165) is 14.3 Å². The summed E-state index contributed by atoms with van der Waals surface area (Å²) >= 11 is 5.04. The van der Waals surface area contributed by atoms with Gasteiger partial charge in [0.2, 0.25) is 0 Å². The minimum absolute atomic E-state index is 0.603. The minimum Gasteiger partial charge on any atom is -0.399 e. The Labute approximate surface area is 113 Å². The van der Waals surface area contributed by atoms with E-state index in [-0.39, 0.29) is 0 Å². The zero-order valence-corrected chi connectivity index (χ0v) is 11.3. The van der Waals surface area contributed by atoms with Crippen molar-refractivity contribution < 1.29 is 0 Å². The number of nitrogens with zero attached hydrogens (tertiary/aromatic N) is 1. The molecule has 2 N–H and O–H groups in total. The van der Waals surface area contributed by atoms with Crippen molar-refractivity contribution in [3.63, 3.8) is 0 Å². The molecule has 0 aliphatic carbocycles. The normalized spacial score (nSPS) is 9.88. The zero-order chi connectivity index (χ0) is 12.3. The van der Waals surface area contributed by atoms with Crippen molar-refractivity contribution in [3.8, 4) is 6.07 Å². The van der Waals surface area contributed by atoms with E-state index in [1.54, 1.807) is 23.9 Å². The van der Waals surface area contributed by atoms with Crippen molar-refractivity contribution in [3.05, 3.63) is 52.5 Å². The Hall–Kier alpha value is -1.44.